The minimum atomic E-state index is -4.61. The lowest BCUT2D eigenvalue weighted by molar-refractivity contribution is -0.138. The van der Waals surface area contributed by atoms with E-state index >= 15 is 0 Å². The summed E-state index contributed by atoms with van der Waals surface area (Å²) in [5.74, 6) is -0.411. The van der Waals surface area contributed by atoms with Gasteiger partial charge in [-0.1, -0.05) is 12.1 Å². The lowest BCUT2D eigenvalue weighted by atomic mass is 10.0. The molecule has 2 aromatic rings. The first kappa shape index (κ1) is 15.8. The Balaban J connectivity index is 1.78. The quantitative estimate of drug-likeness (QED) is 0.859. The fraction of sp³-hybridized carbons (Fsp3) is 0.294. The molecule has 1 N–H and O–H groups in total. The smallest absolute Gasteiger partial charge is 0.416 e. The van der Waals surface area contributed by atoms with Gasteiger partial charge >= 0.3 is 6.18 Å². The lowest BCUT2D eigenvalue weighted by Crippen LogP contribution is -2.23. The van der Waals surface area contributed by atoms with Gasteiger partial charge in [0, 0.05) is 12.1 Å². The fourth-order valence-electron chi connectivity index (χ4n) is 2.65. The van der Waals surface area contributed by atoms with Crippen LogP contribution in [0.1, 0.15) is 22.3 Å². The summed E-state index contributed by atoms with van der Waals surface area (Å²) in [5, 5.41) is 3.23. The van der Waals surface area contributed by atoms with Crippen LogP contribution in [0, 0.1) is 5.82 Å². The summed E-state index contributed by atoms with van der Waals surface area (Å²) in [7, 11) is 0. The summed E-state index contributed by atoms with van der Waals surface area (Å²) in [6, 6.07) is 8.12. The molecule has 0 aliphatic carbocycles. The highest BCUT2D eigenvalue weighted by Gasteiger charge is 2.33. The first-order valence-electron chi connectivity index (χ1n) is 7.24. The van der Waals surface area contributed by atoms with Gasteiger partial charge in [0.25, 0.3) is 0 Å². The summed E-state index contributed by atoms with van der Waals surface area (Å²) >= 11 is 0. The number of hydrogen-bond acceptors (Lipinski definition) is 2. The number of halogens is 4. The van der Waals surface area contributed by atoms with Crippen molar-refractivity contribution in [2.24, 2.45) is 0 Å². The van der Waals surface area contributed by atoms with Gasteiger partial charge in [0.2, 0.25) is 0 Å². The van der Waals surface area contributed by atoms with Crippen LogP contribution in [-0.2, 0) is 25.7 Å². The van der Waals surface area contributed by atoms with Crippen LogP contribution in [0.25, 0.3) is 0 Å². The zero-order valence-corrected chi connectivity index (χ0v) is 12.2. The number of alkyl halides is 3. The Labute approximate surface area is 131 Å². The number of fused-ring (bicyclic) bond motifs is 1. The van der Waals surface area contributed by atoms with Crippen LogP contribution in [0.15, 0.2) is 36.4 Å². The highest BCUT2D eigenvalue weighted by atomic mass is 19.4. The Morgan fingerprint density at radius 3 is 2.65 bits per heavy atom. The van der Waals surface area contributed by atoms with Gasteiger partial charge in [-0.25, -0.2) is 4.39 Å². The Morgan fingerprint density at radius 2 is 1.87 bits per heavy atom. The highest BCUT2D eigenvalue weighted by Crippen LogP contribution is 2.33. The van der Waals surface area contributed by atoms with Gasteiger partial charge in [0.15, 0.2) is 0 Å². The van der Waals surface area contributed by atoms with Crippen LogP contribution >= 0.6 is 0 Å². The standard InChI is InChI=1S/C17H15F4NO/c18-14-3-1-12(16(8-14)17(19,20)21)10-23-15-4-2-11-5-6-22-9-13(11)7-15/h1-4,7-8,22H,5-6,9-10H2. The highest BCUT2D eigenvalue weighted by molar-refractivity contribution is 5.37. The second-order valence-corrected chi connectivity index (χ2v) is 5.45. The van der Waals surface area contributed by atoms with E-state index < -0.39 is 17.6 Å². The summed E-state index contributed by atoms with van der Waals surface area (Å²) in [6.07, 6.45) is -3.69. The molecule has 0 amide bonds. The van der Waals surface area contributed by atoms with E-state index in [9.17, 15) is 17.6 Å². The average molecular weight is 325 g/mol. The minimum Gasteiger partial charge on any atom is -0.489 e. The van der Waals surface area contributed by atoms with E-state index in [0.717, 1.165) is 37.2 Å². The van der Waals surface area contributed by atoms with Crippen molar-refractivity contribution in [2.75, 3.05) is 6.54 Å². The van der Waals surface area contributed by atoms with E-state index in [2.05, 4.69) is 5.32 Å². The maximum Gasteiger partial charge on any atom is 0.416 e. The van der Waals surface area contributed by atoms with E-state index in [-0.39, 0.29) is 12.2 Å². The topological polar surface area (TPSA) is 21.3 Å². The number of rotatable bonds is 3. The van der Waals surface area contributed by atoms with Gasteiger partial charge in [-0.3, -0.25) is 0 Å². The zero-order chi connectivity index (χ0) is 16.4. The molecular formula is C17H15F4NO. The summed E-state index contributed by atoms with van der Waals surface area (Å²) in [4.78, 5) is 0. The monoisotopic (exact) mass is 325 g/mol. The third-order valence-corrected chi connectivity index (χ3v) is 3.84. The van der Waals surface area contributed by atoms with Gasteiger partial charge in [0.1, 0.15) is 18.2 Å². The molecule has 2 nitrogen and oxygen atoms in total. The minimum absolute atomic E-state index is 0.0882. The molecule has 0 fully saturated rings. The largest absolute Gasteiger partial charge is 0.489 e. The van der Waals surface area contributed by atoms with Crippen molar-refractivity contribution in [1.29, 1.82) is 0 Å². The molecule has 0 saturated carbocycles. The van der Waals surface area contributed by atoms with Crippen LogP contribution in [-0.4, -0.2) is 6.54 Å². The summed E-state index contributed by atoms with van der Waals surface area (Å²) in [6.45, 7) is 1.37. The number of benzene rings is 2. The van der Waals surface area contributed by atoms with E-state index in [1.165, 1.54) is 5.56 Å². The third-order valence-electron chi connectivity index (χ3n) is 3.84. The molecule has 0 bridgehead atoms. The van der Waals surface area contributed by atoms with E-state index in [4.69, 9.17) is 4.74 Å². The molecule has 0 radical (unpaired) electrons. The van der Waals surface area contributed by atoms with Gasteiger partial charge in [-0.2, -0.15) is 13.2 Å². The molecule has 1 aliphatic rings. The van der Waals surface area contributed by atoms with E-state index in [1.807, 2.05) is 12.1 Å². The molecule has 0 atom stereocenters. The van der Waals surface area contributed by atoms with Crippen molar-refractivity contribution in [3.8, 4) is 5.75 Å². The van der Waals surface area contributed by atoms with Crippen molar-refractivity contribution in [3.63, 3.8) is 0 Å². The van der Waals surface area contributed by atoms with Crippen molar-refractivity contribution in [3.05, 3.63) is 64.5 Å². The Hall–Kier alpha value is -2.08. The third kappa shape index (κ3) is 3.64. The lowest BCUT2D eigenvalue weighted by Gasteiger charge is -2.18. The molecule has 6 heteroatoms. The van der Waals surface area contributed by atoms with Crippen LogP contribution in [0.4, 0.5) is 17.6 Å². The molecule has 1 heterocycles. The molecule has 0 spiro atoms. The molecule has 0 aromatic heterocycles. The summed E-state index contributed by atoms with van der Waals surface area (Å²) in [5.41, 5.74) is 1.21. The predicted molar refractivity (Wildman–Crippen MR) is 77.6 cm³/mol. The predicted octanol–water partition coefficient (Wildman–Crippen LogP) is 4.07. The SMILES string of the molecule is Fc1ccc(COc2ccc3c(c2)CNCC3)c(C(F)(F)F)c1. The van der Waals surface area contributed by atoms with Crippen LogP contribution in [0.2, 0.25) is 0 Å². The molecular weight excluding hydrogens is 310 g/mol. The van der Waals surface area contributed by atoms with Crippen molar-refractivity contribution < 1.29 is 22.3 Å². The first-order chi connectivity index (χ1) is 10.9. The van der Waals surface area contributed by atoms with Crippen molar-refractivity contribution in [2.45, 2.75) is 25.7 Å². The molecule has 1 aliphatic heterocycles. The van der Waals surface area contributed by atoms with Crippen molar-refractivity contribution in [1.82, 2.24) is 5.32 Å². The molecule has 3 rings (SSSR count). The molecule has 23 heavy (non-hydrogen) atoms. The Morgan fingerprint density at radius 1 is 1.04 bits per heavy atom. The van der Waals surface area contributed by atoms with Crippen molar-refractivity contribution >= 4 is 0 Å². The van der Waals surface area contributed by atoms with Gasteiger partial charge in [0.05, 0.1) is 5.56 Å². The molecule has 122 valence electrons. The van der Waals surface area contributed by atoms with Crippen LogP contribution in [0.3, 0.4) is 0 Å². The van der Waals surface area contributed by atoms with Gasteiger partial charge in [-0.05, 0) is 48.4 Å². The van der Waals surface area contributed by atoms with E-state index in [1.54, 1.807) is 6.07 Å². The zero-order valence-electron chi connectivity index (χ0n) is 12.2. The van der Waals surface area contributed by atoms with Crippen LogP contribution < -0.4 is 10.1 Å². The first-order valence-corrected chi connectivity index (χ1v) is 7.24. The molecule has 0 saturated heterocycles. The fourth-order valence-corrected chi connectivity index (χ4v) is 2.65. The Kier molecular flexibility index (Phi) is 4.26. The maximum absolute atomic E-state index is 13.1. The van der Waals surface area contributed by atoms with Crippen LogP contribution in [0.5, 0.6) is 5.75 Å². The van der Waals surface area contributed by atoms with E-state index in [0.29, 0.717) is 11.8 Å². The number of nitrogens with one attached hydrogen (secondary N) is 1. The number of hydrogen-bond donors (Lipinski definition) is 1. The molecule has 2 aromatic carbocycles. The normalized spacial score (nSPS) is 14.4. The average Bonchev–Trinajstić information content (AvgIpc) is 2.52. The van der Waals surface area contributed by atoms with Gasteiger partial charge < -0.3 is 10.1 Å². The number of ether oxygens (including phenoxy) is 1. The molecule has 0 unspecified atom stereocenters. The maximum atomic E-state index is 13.1. The summed E-state index contributed by atoms with van der Waals surface area (Å²) < 4.78 is 57.4. The second-order valence-electron chi connectivity index (χ2n) is 5.45. The van der Waals surface area contributed by atoms with Gasteiger partial charge in [-0.15, -0.1) is 0 Å². The Bertz CT molecular complexity index is 712. The second kappa shape index (κ2) is 6.20.